The molecule has 2 aromatic heterocycles. The van der Waals surface area contributed by atoms with Crippen molar-refractivity contribution < 1.29 is 31.1 Å². The average molecular weight is 665 g/mol. The van der Waals surface area contributed by atoms with Crippen LogP contribution in [0.25, 0.3) is 21.8 Å². The maximum atomic E-state index is 16.1. The molecule has 3 heterocycles. The highest BCUT2D eigenvalue weighted by Gasteiger charge is 2.31. The maximum Gasteiger partial charge on any atom is 0.410 e. The highest BCUT2D eigenvalue weighted by Crippen LogP contribution is 2.42. The Morgan fingerprint density at radius 2 is 1.82 bits per heavy atom. The highest BCUT2D eigenvalue weighted by atomic mass is 35.5. The van der Waals surface area contributed by atoms with Crippen LogP contribution in [0.3, 0.4) is 0 Å². The van der Waals surface area contributed by atoms with E-state index in [0.29, 0.717) is 53.6 Å². The van der Waals surface area contributed by atoms with Gasteiger partial charge in [0.25, 0.3) is 0 Å². The second-order valence-electron chi connectivity index (χ2n) is 11.3. The fourth-order valence-corrected chi connectivity index (χ4v) is 7.65. The number of benzene rings is 2. The molecule has 0 spiro atoms. The predicted octanol–water partition coefficient (Wildman–Crippen LogP) is 7.43. The van der Waals surface area contributed by atoms with Crippen LogP contribution in [-0.2, 0) is 20.3 Å². The van der Waals surface area contributed by atoms with E-state index in [-0.39, 0.29) is 34.1 Å². The molecule has 14 heteroatoms. The van der Waals surface area contributed by atoms with E-state index in [0.717, 1.165) is 6.07 Å². The lowest BCUT2D eigenvalue weighted by Gasteiger charge is -2.32. The second kappa shape index (κ2) is 12.4. The molecular weight excluding hydrogens is 637 g/mol. The van der Waals surface area contributed by atoms with Crippen LogP contribution < -0.4 is 0 Å². The Morgan fingerprint density at radius 1 is 1.09 bits per heavy atom. The van der Waals surface area contributed by atoms with Gasteiger partial charge < -0.3 is 9.64 Å². The lowest BCUT2D eigenvalue weighted by molar-refractivity contribution is 0.0204. The van der Waals surface area contributed by atoms with E-state index in [1.807, 2.05) is 0 Å². The van der Waals surface area contributed by atoms with Crippen molar-refractivity contribution in [3.63, 3.8) is 0 Å². The molecule has 0 N–H and O–H groups in total. The summed E-state index contributed by atoms with van der Waals surface area (Å²) >= 11 is 7.37. The average Bonchev–Trinajstić information content (AvgIpc) is 3.40. The minimum absolute atomic E-state index is 0.0100. The lowest BCUT2D eigenvalue weighted by Crippen LogP contribution is -2.41. The number of carbonyl (C=O) groups is 1. The fraction of sp³-hybridized carbons (Fsp3) is 0.333. The number of carbonyl (C=O) groups excluding carboxylic acids is 1. The number of nitrogens with zero attached hydrogens (tertiary/aromatic N) is 4. The van der Waals surface area contributed by atoms with Crippen molar-refractivity contribution in [3.8, 4) is 21.8 Å². The first-order valence-electron chi connectivity index (χ1n) is 13.6. The smallest absolute Gasteiger partial charge is 0.410 e. The van der Waals surface area contributed by atoms with Crippen LogP contribution in [0.5, 0.6) is 0 Å². The molecule has 1 saturated heterocycles. The van der Waals surface area contributed by atoms with Crippen molar-refractivity contribution in [2.24, 2.45) is 0 Å². The van der Waals surface area contributed by atoms with Crippen LogP contribution in [0.2, 0.25) is 5.28 Å². The SMILES string of the molecule is CC(C)(C)OC(=O)N1CCC(c2nc(-c3cccc(CS(=O)(=O)c4cc(F)ccc4F)c3F)c(-c3ccnc(Cl)n3)s2)CC1. The van der Waals surface area contributed by atoms with Crippen LogP contribution in [0.1, 0.15) is 50.1 Å². The molecule has 0 radical (unpaired) electrons. The number of sulfone groups is 1. The van der Waals surface area contributed by atoms with Gasteiger partial charge in [0.2, 0.25) is 5.28 Å². The van der Waals surface area contributed by atoms with Gasteiger partial charge in [-0.05, 0) is 75.5 Å². The summed E-state index contributed by atoms with van der Waals surface area (Å²) in [4.78, 5) is 26.8. The van der Waals surface area contributed by atoms with Crippen LogP contribution in [-0.4, -0.2) is 53.1 Å². The molecule has 0 unspecified atom stereocenters. The molecule has 5 rings (SSSR count). The normalized spacial score (nSPS) is 14.6. The molecule has 1 aliphatic rings. The number of aromatic nitrogens is 3. The standard InChI is InChI=1S/C30H28ClF3N4O4S2/c1-30(2,3)42-29(39)38-13-10-17(11-14-38)27-37-25(26(43-27)22-9-12-35-28(31)36-22)20-6-4-5-18(24(20)34)16-44(40,41)23-15-19(32)7-8-21(23)33/h4-9,12,15,17H,10-11,13-14,16H2,1-3H3. The van der Waals surface area contributed by atoms with Crippen LogP contribution in [0.15, 0.2) is 53.6 Å². The number of piperidine rings is 1. The summed E-state index contributed by atoms with van der Waals surface area (Å²) in [6.45, 7) is 6.31. The predicted molar refractivity (Wildman–Crippen MR) is 161 cm³/mol. The zero-order valence-corrected chi connectivity index (χ0v) is 26.4. The molecule has 232 valence electrons. The molecule has 1 fully saturated rings. The Labute approximate surface area is 261 Å². The number of hydrogen-bond acceptors (Lipinski definition) is 8. The maximum absolute atomic E-state index is 16.1. The summed E-state index contributed by atoms with van der Waals surface area (Å²) in [5.41, 5.74) is -0.221. The Morgan fingerprint density at radius 3 is 2.50 bits per heavy atom. The highest BCUT2D eigenvalue weighted by molar-refractivity contribution is 7.90. The molecule has 8 nitrogen and oxygen atoms in total. The van der Waals surface area contributed by atoms with Gasteiger partial charge in [0, 0.05) is 36.3 Å². The molecule has 0 atom stereocenters. The van der Waals surface area contributed by atoms with E-state index in [9.17, 15) is 22.0 Å². The topological polar surface area (TPSA) is 102 Å². The largest absolute Gasteiger partial charge is 0.444 e. The first kappa shape index (κ1) is 31.9. The molecule has 0 bridgehead atoms. The van der Waals surface area contributed by atoms with Gasteiger partial charge in [-0.2, -0.15) is 0 Å². The van der Waals surface area contributed by atoms with E-state index >= 15 is 4.39 Å². The number of thiazole rings is 1. The minimum atomic E-state index is -4.44. The molecule has 1 amide bonds. The summed E-state index contributed by atoms with van der Waals surface area (Å²) in [5, 5.41) is 0.666. The quantitative estimate of drug-likeness (QED) is 0.198. The zero-order chi connectivity index (χ0) is 31.8. The van der Waals surface area contributed by atoms with Crippen LogP contribution in [0, 0.1) is 17.5 Å². The van der Waals surface area contributed by atoms with Gasteiger partial charge in [-0.1, -0.05) is 12.1 Å². The Bertz CT molecular complexity index is 1820. The summed E-state index contributed by atoms with van der Waals surface area (Å²) in [6, 6.07) is 7.90. The van der Waals surface area contributed by atoms with E-state index in [1.54, 1.807) is 31.7 Å². The number of rotatable bonds is 6. The van der Waals surface area contributed by atoms with Crippen molar-refractivity contribution in [1.82, 2.24) is 19.9 Å². The Kier molecular flexibility index (Phi) is 9.01. The number of amides is 1. The number of hydrogen-bond donors (Lipinski definition) is 0. The lowest BCUT2D eigenvalue weighted by atomic mass is 9.97. The van der Waals surface area contributed by atoms with Gasteiger partial charge >= 0.3 is 6.09 Å². The first-order valence-corrected chi connectivity index (χ1v) is 16.5. The van der Waals surface area contributed by atoms with Crippen molar-refractivity contribution >= 4 is 38.9 Å². The van der Waals surface area contributed by atoms with Crippen LogP contribution >= 0.6 is 22.9 Å². The third kappa shape index (κ3) is 7.05. The van der Waals surface area contributed by atoms with Gasteiger partial charge in [-0.3, -0.25) is 0 Å². The molecule has 0 saturated carbocycles. The van der Waals surface area contributed by atoms with Gasteiger partial charge in [0.05, 0.1) is 27.0 Å². The number of halogens is 4. The van der Waals surface area contributed by atoms with Crippen molar-refractivity contribution in [2.45, 2.75) is 55.8 Å². The van der Waals surface area contributed by atoms with Crippen molar-refractivity contribution in [2.75, 3.05) is 13.1 Å². The Balaban J connectivity index is 1.49. The van der Waals surface area contributed by atoms with Crippen molar-refractivity contribution in [3.05, 3.63) is 82.0 Å². The van der Waals surface area contributed by atoms with Gasteiger partial charge in [-0.25, -0.2) is 41.3 Å². The molecule has 44 heavy (non-hydrogen) atoms. The summed E-state index contributed by atoms with van der Waals surface area (Å²) in [7, 11) is -4.44. The molecule has 4 aromatic rings. The molecule has 2 aromatic carbocycles. The summed E-state index contributed by atoms with van der Waals surface area (Å²) < 4.78 is 75.7. The zero-order valence-electron chi connectivity index (χ0n) is 24.0. The fourth-order valence-electron chi connectivity index (χ4n) is 4.84. The molecule has 0 aliphatic carbocycles. The minimum Gasteiger partial charge on any atom is -0.444 e. The third-order valence-corrected chi connectivity index (χ3v) is 10.0. The second-order valence-corrected chi connectivity index (χ2v) is 14.6. The van der Waals surface area contributed by atoms with E-state index in [4.69, 9.17) is 21.3 Å². The number of ether oxygens (including phenoxy) is 1. The van der Waals surface area contributed by atoms with Crippen LogP contribution in [0.4, 0.5) is 18.0 Å². The van der Waals surface area contributed by atoms with Crippen molar-refractivity contribution in [1.29, 1.82) is 0 Å². The summed E-state index contributed by atoms with van der Waals surface area (Å²) in [5.74, 6) is -3.88. The van der Waals surface area contributed by atoms with Gasteiger partial charge in [0.15, 0.2) is 9.84 Å². The van der Waals surface area contributed by atoms with E-state index in [2.05, 4.69) is 9.97 Å². The first-order chi connectivity index (χ1) is 20.7. The Hall–Kier alpha value is -3.55. The molecular formula is C30H28ClF3N4O4S2. The summed E-state index contributed by atoms with van der Waals surface area (Å²) in [6.07, 6.45) is 2.26. The molecule has 1 aliphatic heterocycles. The third-order valence-electron chi connectivity index (χ3n) is 6.91. The van der Waals surface area contributed by atoms with E-state index < -0.39 is 43.5 Å². The van der Waals surface area contributed by atoms with Gasteiger partial charge in [0.1, 0.15) is 27.9 Å². The number of likely N-dealkylation sites (tertiary alicyclic amines) is 1. The van der Waals surface area contributed by atoms with Gasteiger partial charge in [-0.15, -0.1) is 11.3 Å². The van der Waals surface area contributed by atoms with E-state index in [1.165, 1.54) is 35.7 Å². The monoisotopic (exact) mass is 664 g/mol.